The van der Waals surface area contributed by atoms with E-state index < -0.39 is 5.97 Å². The van der Waals surface area contributed by atoms with Crippen LogP contribution < -0.4 is 4.90 Å². The summed E-state index contributed by atoms with van der Waals surface area (Å²) in [6.45, 7) is 1.65. The number of carbonyl (C=O) groups is 3. The maximum absolute atomic E-state index is 12.2. The number of nitrogens with zero attached hydrogens (tertiary/aromatic N) is 1. The van der Waals surface area contributed by atoms with Crippen molar-refractivity contribution < 1.29 is 19.1 Å². The highest BCUT2D eigenvalue weighted by atomic mass is 16.5. The molecule has 1 amide bonds. The molecule has 1 aliphatic heterocycles. The summed E-state index contributed by atoms with van der Waals surface area (Å²) in [5, 5.41) is 0. The van der Waals surface area contributed by atoms with E-state index in [0.717, 1.165) is 22.4 Å². The molecule has 0 fully saturated rings. The minimum atomic E-state index is -0.574. The average Bonchev–Trinajstić information content (AvgIpc) is 2.92. The van der Waals surface area contributed by atoms with E-state index in [-0.39, 0.29) is 24.7 Å². The van der Waals surface area contributed by atoms with Crippen LogP contribution in [0.5, 0.6) is 0 Å². The summed E-state index contributed by atoms with van der Waals surface area (Å²) in [6.07, 6.45) is 3.23. The molecule has 1 aliphatic rings. The van der Waals surface area contributed by atoms with Crippen LogP contribution in [0.25, 0.3) is 6.08 Å². The molecule has 0 aliphatic carbocycles. The molecule has 0 radical (unpaired) electrons. The Morgan fingerprint density at radius 3 is 2.62 bits per heavy atom. The molecule has 3 rings (SSSR count). The maximum Gasteiger partial charge on any atom is 0.331 e. The van der Waals surface area contributed by atoms with E-state index in [0.29, 0.717) is 5.56 Å². The second-order valence-corrected chi connectivity index (χ2v) is 6.25. The first-order valence-corrected chi connectivity index (χ1v) is 8.28. The first kappa shape index (κ1) is 17.6. The van der Waals surface area contributed by atoms with Gasteiger partial charge in [0.25, 0.3) is 0 Å². The molecule has 0 unspecified atom stereocenters. The molecule has 132 valence electrons. The molecular formula is C21H19NO4. The fourth-order valence-corrected chi connectivity index (χ4v) is 2.75. The number of ether oxygens (including phenoxy) is 1. The van der Waals surface area contributed by atoms with Crippen LogP contribution in [0.15, 0.2) is 48.5 Å². The number of aryl methyl sites for hydroxylation is 1. The number of Topliss-reactive ketones (excluding diaryl/α,β-unsaturated/α-hetero) is 1. The summed E-state index contributed by atoms with van der Waals surface area (Å²) in [5.41, 5.74) is 4.07. The van der Waals surface area contributed by atoms with E-state index in [2.05, 4.69) is 0 Å². The average molecular weight is 349 g/mol. The number of esters is 1. The zero-order valence-corrected chi connectivity index (χ0v) is 14.7. The Balaban J connectivity index is 1.57. The summed E-state index contributed by atoms with van der Waals surface area (Å²) in [6, 6.07) is 12.8. The topological polar surface area (TPSA) is 63.7 Å². The van der Waals surface area contributed by atoms with Gasteiger partial charge in [-0.1, -0.05) is 29.8 Å². The van der Waals surface area contributed by atoms with E-state index in [4.69, 9.17) is 4.74 Å². The molecule has 0 saturated carbocycles. The number of amides is 1. The summed E-state index contributed by atoms with van der Waals surface area (Å²) in [7, 11) is 1.71. The van der Waals surface area contributed by atoms with Gasteiger partial charge in [0.15, 0.2) is 12.4 Å². The third-order valence-corrected chi connectivity index (χ3v) is 4.31. The smallest absolute Gasteiger partial charge is 0.331 e. The lowest BCUT2D eigenvalue weighted by molar-refractivity contribution is -0.136. The Bertz CT molecular complexity index is 897. The minimum Gasteiger partial charge on any atom is -0.454 e. The van der Waals surface area contributed by atoms with Crippen molar-refractivity contribution >= 4 is 29.4 Å². The summed E-state index contributed by atoms with van der Waals surface area (Å²) in [5.74, 6) is -0.876. The number of anilines is 1. The van der Waals surface area contributed by atoms with Gasteiger partial charge in [0, 0.05) is 24.4 Å². The largest absolute Gasteiger partial charge is 0.454 e. The van der Waals surface area contributed by atoms with E-state index >= 15 is 0 Å². The highest BCUT2D eigenvalue weighted by Gasteiger charge is 2.24. The van der Waals surface area contributed by atoms with Crippen molar-refractivity contribution in [3.05, 3.63) is 70.8 Å². The first-order valence-electron chi connectivity index (χ1n) is 8.28. The van der Waals surface area contributed by atoms with E-state index in [9.17, 15) is 14.4 Å². The Morgan fingerprint density at radius 1 is 1.15 bits per heavy atom. The van der Waals surface area contributed by atoms with E-state index in [1.54, 1.807) is 36.2 Å². The minimum absolute atomic E-state index is 0.00253. The summed E-state index contributed by atoms with van der Waals surface area (Å²) >= 11 is 0. The molecule has 2 aromatic rings. The second-order valence-electron chi connectivity index (χ2n) is 6.25. The van der Waals surface area contributed by atoms with Gasteiger partial charge in [-0.25, -0.2) is 4.79 Å². The number of hydrogen-bond donors (Lipinski definition) is 0. The van der Waals surface area contributed by atoms with Gasteiger partial charge in [0.05, 0.1) is 6.42 Å². The lowest BCUT2D eigenvalue weighted by atomic mass is 10.1. The summed E-state index contributed by atoms with van der Waals surface area (Å²) in [4.78, 5) is 37.3. The molecule has 0 aromatic heterocycles. The molecule has 26 heavy (non-hydrogen) atoms. The fraction of sp³-hybridized carbons (Fsp3) is 0.190. The zero-order valence-electron chi connectivity index (χ0n) is 14.7. The lowest BCUT2D eigenvalue weighted by Gasteiger charge is -2.10. The molecule has 2 aromatic carbocycles. The number of ketones is 1. The molecule has 1 heterocycles. The Kier molecular flexibility index (Phi) is 4.98. The van der Waals surface area contributed by atoms with Crippen LogP contribution in [0, 0.1) is 6.92 Å². The number of rotatable bonds is 5. The van der Waals surface area contributed by atoms with Gasteiger partial charge in [-0.15, -0.1) is 0 Å². The number of carbonyl (C=O) groups excluding carboxylic acids is 3. The van der Waals surface area contributed by atoms with Crippen molar-refractivity contribution in [2.75, 3.05) is 18.6 Å². The SMILES string of the molecule is Cc1ccc(/C=C/C(=O)OCC(=O)c2ccc3c(c2)CC(=O)N3C)cc1. The van der Waals surface area contributed by atoms with Crippen molar-refractivity contribution in [3.63, 3.8) is 0 Å². The molecule has 0 spiro atoms. The highest BCUT2D eigenvalue weighted by molar-refractivity contribution is 6.04. The Hall–Kier alpha value is -3.21. The van der Waals surface area contributed by atoms with Crippen molar-refractivity contribution in [2.24, 2.45) is 0 Å². The van der Waals surface area contributed by atoms with Gasteiger partial charge >= 0.3 is 5.97 Å². The van der Waals surface area contributed by atoms with Crippen LogP contribution in [-0.2, 0) is 20.7 Å². The van der Waals surface area contributed by atoms with Crippen molar-refractivity contribution in [1.29, 1.82) is 0 Å². The molecule has 0 bridgehead atoms. The molecule has 0 N–H and O–H groups in total. The van der Waals surface area contributed by atoms with Gasteiger partial charge in [-0.2, -0.15) is 0 Å². The van der Waals surface area contributed by atoms with Gasteiger partial charge < -0.3 is 9.64 Å². The van der Waals surface area contributed by atoms with Crippen LogP contribution in [0.1, 0.15) is 27.0 Å². The van der Waals surface area contributed by atoms with Gasteiger partial charge in [-0.05, 0) is 42.3 Å². The normalized spacial score (nSPS) is 13.2. The predicted octanol–water partition coefficient (Wildman–Crippen LogP) is 2.95. The van der Waals surface area contributed by atoms with Crippen LogP contribution >= 0.6 is 0 Å². The lowest BCUT2D eigenvalue weighted by Crippen LogP contribution is -2.20. The quantitative estimate of drug-likeness (QED) is 0.473. The Labute approximate surface area is 151 Å². The first-order chi connectivity index (χ1) is 12.4. The predicted molar refractivity (Wildman–Crippen MR) is 99.1 cm³/mol. The van der Waals surface area contributed by atoms with Crippen molar-refractivity contribution in [3.8, 4) is 0 Å². The Morgan fingerprint density at radius 2 is 1.88 bits per heavy atom. The molecular weight excluding hydrogens is 330 g/mol. The molecule has 0 atom stereocenters. The number of benzene rings is 2. The molecule has 5 nitrogen and oxygen atoms in total. The second kappa shape index (κ2) is 7.35. The van der Waals surface area contributed by atoms with E-state index in [1.807, 2.05) is 31.2 Å². The third kappa shape index (κ3) is 3.88. The van der Waals surface area contributed by atoms with Gasteiger partial charge in [0.1, 0.15) is 0 Å². The van der Waals surface area contributed by atoms with Gasteiger partial charge in [-0.3, -0.25) is 9.59 Å². The standard InChI is InChI=1S/C21H19NO4/c1-14-3-5-15(6-4-14)7-10-21(25)26-13-19(23)16-8-9-18-17(11-16)12-20(24)22(18)2/h3-11H,12-13H2,1-2H3/b10-7+. The van der Waals surface area contributed by atoms with Crippen molar-refractivity contribution in [2.45, 2.75) is 13.3 Å². The summed E-state index contributed by atoms with van der Waals surface area (Å²) < 4.78 is 5.01. The van der Waals surface area contributed by atoms with Gasteiger partial charge in [0.2, 0.25) is 5.91 Å². The monoisotopic (exact) mass is 349 g/mol. The maximum atomic E-state index is 12.2. The number of hydrogen-bond acceptors (Lipinski definition) is 4. The van der Waals surface area contributed by atoms with Crippen molar-refractivity contribution in [1.82, 2.24) is 0 Å². The van der Waals surface area contributed by atoms with E-state index in [1.165, 1.54) is 6.08 Å². The van der Waals surface area contributed by atoms with Crippen LogP contribution in [-0.4, -0.2) is 31.3 Å². The molecule has 5 heteroatoms. The number of likely N-dealkylation sites (N-methyl/N-ethyl adjacent to an activating group) is 1. The molecule has 0 saturated heterocycles. The zero-order chi connectivity index (χ0) is 18.7. The number of fused-ring (bicyclic) bond motifs is 1. The fourth-order valence-electron chi connectivity index (χ4n) is 2.75. The van der Waals surface area contributed by atoms with Crippen LogP contribution in [0.2, 0.25) is 0 Å². The van der Waals surface area contributed by atoms with Crippen LogP contribution in [0.3, 0.4) is 0 Å². The third-order valence-electron chi connectivity index (χ3n) is 4.31. The van der Waals surface area contributed by atoms with Crippen LogP contribution in [0.4, 0.5) is 5.69 Å². The highest BCUT2D eigenvalue weighted by Crippen LogP contribution is 2.28.